The molecule has 2 N–H and O–H groups in total. The molecule has 0 spiro atoms. The lowest BCUT2D eigenvalue weighted by Gasteiger charge is -2.19. The molecule has 1 aromatic carbocycles. The molecule has 0 saturated heterocycles. The van der Waals surface area contributed by atoms with Crippen LogP contribution in [0, 0.1) is 5.92 Å². The Bertz CT molecular complexity index is 593. The fourth-order valence-electron chi connectivity index (χ4n) is 2.34. The van der Waals surface area contributed by atoms with Gasteiger partial charge in [-0.3, -0.25) is 4.79 Å². The first-order valence-electron chi connectivity index (χ1n) is 7.59. The number of carbonyl (C=O) groups is 1. The zero-order valence-electron chi connectivity index (χ0n) is 12.9. The number of aliphatic hydroxyl groups excluding tert-OH is 1. The Morgan fingerprint density at radius 1 is 1.27 bits per heavy atom. The number of nitrogens with zero attached hydrogens (tertiary/aromatic N) is 3. The first kappa shape index (κ1) is 16.2. The number of aromatic nitrogens is 3. The minimum Gasteiger partial charge on any atom is -0.391 e. The van der Waals surface area contributed by atoms with Gasteiger partial charge in [0.25, 0.3) is 5.91 Å². The molecule has 1 atom stereocenters. The number of para-hydroxylation sites is 1. The molecule has 6 heteroatoms. The van der Waals surface area contributed by atoms with Gasteiger partial charge >= 0.3 is 0 Å². The van der Waals surface area contributed by atoms with Crippen LogP contribution >= 0.6 is 0 Å². The van der Waals surface area contributed by atoms with Gasteiger partial charge in [0.15, 0.2) is 5.69 Å². The monoisotopic (exact) mass is 302 g/mol. The van der Waals surface area contributed by atoms with Crippen LogP contribution in [0.2, 0.25) is 0 Å². The van der Waals surface area contributed by atoms with E-state index in [1.54, 1.807) is 0 Å². The lowest BCUT2D eigenvalue weighted by molar-refractivity contribution is 0.0812. The average Bonchev–Trinajstić information content (AvgIpc) is 3.04. The molecule has 0 bridgehead atoms. The highest BCUT2D eigenvalue weighted by molar-refractivity contribution is 5.91. The summed E-state index contributed by atoms with van der Waals surface area (Å²) in [5, 5.41) is 21.0. The molecule has 1 heterocycles. The second-order valence-corrected chi connectivity index (χ2v) is 5.21. The molecular weight excluding hydrogens is 280 g/mol. The lowest BCUT2D eigenvalue weighted by atomic mass is 9.96. The molecule has 1 unspecified atom stereocenters. The number of aliphatic hydroxyl groups is 1. The Labute approximate surface area is 130 Å². The highest BCUT2D eigenvalue weighted by Crippen LogP contribution is 2.12. The van der Waals surface area contributed by atoms with Crippen molar-refractivity contribution in [2.45, 2.75) is 32.8 Å². The molecule has 0 radical (unpaired) electrons. The van der Waals surface area contributed by atoms with Gasteiger partial charge in [0.2, 0.25) is 0 Å². The number of rotatable bonds is 7. The third-order valence-corrected chi connectivity index (χ3v) is 3.78. The standard InChI is InChI=1S/C16H22N4O2/c1-3-12(4-2)15(21)11-17-16(22)14-10-18-20(19-14)13-8-6-5-7-9-13/h5-10,12,15,21H,3-4,11H2,1-2H3,(H,17,22). The van der Waals surface area contributed by atoms with Gasteiger partial charge in [-0.2, -0.15) is 9.90 Å². The van der Waals surface area contributed by atoms with Crippen LogP contribution in [0.3, 0.4) is 0 Å². The van der Waals surface area contributed by atoms with Gasteiger partial charge in [-0.15, -0.1) is 5.10 Å². The van der Waals surface area contributed by atoms with E-state index in [-0.39, 0.29) is 24.1 Å². The highest BCUT2D eigenvalue weighted by atomic mass is 16.3. The fourth-order valence-corrected chi connectivity index (χ4v) is 2.34. The Morgan fingerprint density at radius 2 is 1.95 bits per heavy atom. The minimum absolute atomic E-state index is 0.195. The third-order valence-electron chi connectivity index (χ3n) is 3.78. The molecule has 0 saturated carbocycles. The highest BCUT2D eigenvalue weighted by Gasteiger charge is 2.18. The zero-order chi connectivity index (χ0) is 15.9. The van der Waals surface area contributed by atoms with Gasteiger partial charge in [-0.05, 0) is 18.1 Å². The molecule has 1 amide bonds. The molecule has 0 aliphatic carbocycles. The number of hydrogen-bond acceptors (Lipinski definition) is 4. The summed E-state index contributed by atoms with van der Waals surface area (Å²) in [5.41, 5.74) is 1.03. The smallest absolute Gasteiger partial charge is 0.273 e. The topological polar surface area (TPSA) is 80.0 Å². The lowest BCUT2D eigenvalue weighted by Crippen LogP contribution is -2.36. The van der Waals surface area contributed by atoms with Crippen LogP contribution in [0.5, 0.6) is 0 Å². The van der Waals surface area contributed by atoms with Crippen molar-refractivity contribution < 1.29 is 9.90 Å². The predicted octanol–water partition coefficient (Wildman–Crippen LogP) is 1.79. The third kappa shape index (κ3) is 3.92. The van der Waals surface area contributed by atoms with E-state index in [2.05, 4.69) is 15.5 Å². The maximum Gasteiger partial charge on any atom is 0.273 e. The van der Waals surface area contributed by atoms with E-state index >= 15 is 0 Å². The predicted molar refractivity (Wildman–Crippen MR) is 83.8 cm³/mol. The van der Waals surface area contributed by atoms with E-state index in [0.717, 1.165) is 18.5 Å². The zero-order valence-corrected chi connectivity index (χ0v) is 12.9. The van der Waals surface area contributed by atoms with Gasteiger partial charge < -0.3 is 10.4 Å². The van der Waals surface area contributed by atoms with Gasteiger partial charge in [0, 0.05) is 6.54 Å². The van der Waals surface area contributed by atoms with Crippen molar-refractivity contribution in [3.63, 3.8) is 0 Å². The van der Waals surface area contributed by atoms with Crippen molar-refractivity contribution in [3.05, 3.63) is 42.2 Å². The average molecular weight is 302 g/mol. The Balaban J connectivity index is 1.95. The van der Waals surface area contributed by atoms with Crippen molar-refractivity contribution in [1.82, 2.24) is 20.3 Å². The molecule has 0 fully saturated rings. The van der Waals surface area contributed by atoms with Crippen LogP contribution in [0.25, 0.3) is 5.69 Å². The SMILES string of the molecule is CCC(CC)C(O)CNC(=O)c1cnn(-c2ccccc2)n1. The first-order valence-corrected chi connectivity index (χ1v) is 7.59. The molecular formula is C16H22N4O2. The molecule has 1 aromatic heterocycles. The van der Waals surface area contributed by atoms with E-state index in [4.69, 9.17) is 0 Å². The summed E-state index contributed by atoms with van der Waals surface area (Å²) in [5.74, 6) is -0.132. The van der Waals surface area contributed by atoms with Gasteiger partial charge in [0.05, 0.1) is 18.0 Å². The fraction of sp³-hybridized carbons (Fsp3) is 0.438. The molecule has 2 aromatic rings. The largest absolute Gasteiger partial charge is 0.391 e. The van der Waals surface area contributed by atoms with E-state index in [9.17, 15) is 9.90 Å². The van der Waals surface area contributed by atoms with Crippen molar-refractivity contribution >= 4 is 5.91 Å². The van der Waals surface area contributed by atoms with Crippen LogP contribution in [0.4, 0.5) is 0 Å². The summed E-state index contributed by atoms with van der Waals surface area (Å²) in [6.45, 7) is 4.29. The minimum atomic E-state index is -0.539. The summed E-state index contributed by atoms with van der Waals surface area (Å²) in [6, 6.07) is 9.38. The van der Waals surface area contributed by atoms with Gasteiger partial charge in [0.1, 0.15) is 0 Å². The number of carbonyl (C=O) groups excluding carboxylic acids is 1. The summed E-state index contributed by atoms with van der Waals surface area (Å²) < 4.78 is 0. The quantitative estimate of drug-likeness (QED) is 0.817. The maximum atomic E-state index is 12.1. The van der Waals surface area contributed by atoms with Crippen LogP contribution in [-0.4, -0.2) is 38.7 Å². The number of benzene rings is 1. The van der Waals surface area contributed by atoms with E-state index in [1.807, 2.05) is 44.2 Å². The second kappa shape index (κ2) is 7.70. The Hall–Kier alpha value is -2.21. The van der Waals surface area contributed by atoms with E-state index in [0.29, 0.717) is 0 Å². The van der Waals surface area contributed by atoms with Crippen molar-refractivity contribution in [2.75, 3.05) is 6.54 Å². The van der Waals surface area contributed by atoms with Crippen molar-refractivity contribution in [2.24, 2.45) is 5.92 Å². The maximum absolute atomic E-state index is 12.1. The molecule has 118 valence electrons. The summed E-state index contributed by atoms with van der Waals surface area (Å²) >= 11 is 0. The number of nitrogens with one attached hydrogen (secondary N) is 1. The van der Waals surface area contributed by atoms with Crippen molar-refractivity contribution in [3.8, 4) is 5.69 Å². The van der Waals surface area contributed by atoms with Crippen LogP contribution in [-0.2, 0) is 0 Å². The molecule has 6 nitrogen and oxygen atoms in total. The van der Waals surface area contributed by atoms with Gasteiger partial charge in [-0.25, -0.2) is 0 Å². The molecule has 0 aliphatic heterocycles. The molecule has 22 heavy (non-hydrogen) atoms. The molecule has 2 rings (SSSR count). The normalized spacial score (nSPS) is 12.4. The number of hydrogen-bond donors (Lipinski definition) is 2. The Kier molecular flexibility index (Phi) is 5.66. The van der Waals surface area contributed by atoms with Crippen LogP contribution < -0.4 is 5.32 Å². The van der Waals surface area contributed by atoms with Gasteiger partial charge in [-0.1, -0.05) is 44.9 Å². The summed E-state index contributed by atoms with van der Waals surface area (Å²) in [4.78, 5) is 13.5. The van der Waals surface area contributed by atoms with E-state index in [1.165, 1.54) is 11.0 Å². The molecule has 0 aliphatic rings. The van der Waals surface area contributed by atoms with E-state index < -0.39 is 6.10 Å². The number of amides is 1. The Morgan fingerprint density at radius 3 is 2.59 bits per heavy atom. The summed E-state index contributed by atoms with van der Waals surface area (Å²) in [7, 11) is 0. The first-order chi connectivity index (χ1) is 10.7. The van der Waals surface area contributed by atoms with Crippen molar-refractivity contribution in [1.29, 1.82) is 0 Å². The van der Waals surface area contributed by atoms with Crippen LogP contribution in [0.15, 0.2) is 36.5 Å². The second-order valence-electron chi connectivity index (χ2n) is 5.21. The summed E-state index contributed by atoms with van der Waals surface area (Å²) in [6.07, 6.45) is 2.66. The van der Waals surface area contributed by atoms with Crippen LogP contribution in [0.1, 0.15) is 37.2 Å².